The van der Waals surface area contributed by atoms with Crippen molar-refractivity contribution >= 4 is 40.5 Å². The van der Waals surface area contributed by atoms with Gasteiger partial charge in [-0.2, -0.15) is 0 Å². The van der Waals surface area contributed by atoms with Gasteiger partial charge in [-0.25, -0.2) is 9.79 Å². The van der Waals surface area contributed by atoms with Crippen molar-refractivity contribution in [3.05, 3.63) is 51.6 Å². The zero-order valence-corrected chi connectivity index (χ0v) is 19.2. The van der Waals surface area contributed by atoms with E-state index < -0.39 is 0 Å². The third kappa shape index (κ3) is 5.26. The van der Waals surface area contributed by atoms with Gasteiger partial charge < -0.3 is 24.8 Å². The second kappa shape index (κ2) is 10.6. The molecule has 1 saturated heterocycles. The van der Waals surface area contributed by atoms with Crippen LogP contribution in [0.2, 0.25) is 5.02 Å². The molecule has 0 bridgehead atoms. The number of hydrogen-bond donors (Lipinski definition) is 2. The number of rotatable bonds is 6. The normalized spacial score (nSPS) is 14.4. The average Bonchev–Trinajstić information content (AvgIpc) is 3.23. The van der Waals surface area contributed by atoms with Crippen molar-refractivity contribution in [2.45, 2.75) is 6.54 Å². The first-order chi connectivity index (χ1) is 15.7. The molecule has 0 saturated carbocycles. The number of carbonyl (C=O) groups excluding carboxylic acids is 1. The number of urea groups is 1. The lowest BCUT2D eigenvalue weighted by atomic mass is 10.3. The van der Waals surface area contributed by atoms with Crippen LogP contribution in [0.5, 0.6) is 0 Å². The highest BCUT2D eigenvalue weighted by Gasteiger charge is 2.15. The molecule has 4 rings (SSSR count). The van der Waals surface area contributed by atoms with E-state index in [1.807, 2.05) is 46.3 Å². The fourth-order valence-corrected chi connectivity index (χ4v) is 4.39. The Morgan fingerprint density at radius 3 is 2.75 bits per heavy atom. The molecule has 2 amide bonds. The monoisotopic (exact) mass is 473 g/mol. The Labute approximate surface area is 194 Å². The molecule has 0 radical (unpaired) electrons. The first-order valence-electron chi connectivity index (χ1n) is 10.3. The number of morpholine rings is 1. The van der Waals surface area contributed by atoms with Crippen LogP contribution in [0.1, 0.15) is 0 Å². The number of thiazole rings is 1. The average molecular weight is 474 g/mol. The van der Waals surface area contributed by atoms with E-state index in [4.69, 9.17) is 21.3 Å². The smallest absolute Gasteiger partial charge is 0.314 e. The number of nitrogens with one attached hydrogen (secondary N) is 2. The number of hydrogen-bond acceptors (Lipinski definition) is 7. The Hall–Kier alpha value is -2.95. The number of amides is 2. The topological polar surface area (TPSA) is 96.7 Å². The van der Waals surface area contributed by atoms with Gasteiger partial charge in [0.15, 0.2) is 10.6 Å². The van der Waals surface area contributed by atoms with Crippen LogP contribution >= 0.6 is 22.9 Å². The molecule has 1 aromatic carbocycles. The third-order valence-corrected chi connectivity index (χ3v) is 6.15. The van der Waals surface area contributed by atoms with Crippen LogP contribution in [0.15, 0.2) is 46.8 Å². The Morgan fingerprint density at radius 2 is 2.03 bits per heavy atom. The molecular weight excluding hydrogens is 450 g/mol. The maximum absolute atomic E-state index is 11.6. The summed E-state index contributed by atoms with van der Waals surface area (Å²) in [7, 11) is 1.59. The summed E-state index contributed by atoms with van der Waals surface area (Å²) in [6, 6.07) is 11.1. The van der Waals surface area contributed by atoms with Gasteiger partial charge in [-0.05, 0) is 24.3 Å². The van der Waals surface area contributed by atoms with E-state index >= 15 is 0 Å². The molecule has 32 heavy (non-hydrogen) atoms. The maximum Gasteiger partial charge on any atom is 0.314 e. The minimum absolute atomic E-state index is 0.235. The summed E-state index contributed by atoms with van der Waals surface area (Å²) in [6.07, 6.45) is 0. The lowest BCUT2D eigenvalue weighted by Crippen LogP contribution is -2.36. The summed E-state index contributed by atoms with van der Waals surface area (Å²) in [5, 5.41) is 16.8. The Kier molecular flexibility index (Phi) is 7.35. The Bertz CT molecular complexity index is 1120. The van der Waals surface area contributed by atoms with E-state index in [9.17, 15) is 4.79 Å². The van der Waals surface area contributed by atoms with Crippen LogP contribution in [0.3, 0.4) is 0 Å². The quantitative estimate of drug-likeness (QED) is 0.573. The summed E-state index contributed by atoms with van der Waals surface area (Å²) in [6.45, 7) is 3.94. The van der Waals surface area contributed by atoms with Crippen LogP contribution in [0.25, 0.3) is 11.4 Å². The molecule has 0 unspecified atom stereocenters. The molecule has 0 atom stereocenters. The number of para-hydroxylation sites is 1. The van der Waals surface area contributed by atoms with E-state index in [-0.39, 0.29) is 6.03 Å². The van der Waals surface area contributed by atoms with Crippen LogP contribution in [0.4, 0.5) is 16.3 Å². The van der Waals surface area contributed by atoms with Gasteiger partial charge in [-0.1, -0.05) is 23.7 Å². The van der Waals surface area contributed by atoms with E-state index in [0.717, 1.165) is 35.1 Å². The zero-order valence-electron chi connectivity index (χ0n) is 17.6. The van der Waals surface area contributed by atoms with Gasteiger partial charge in [0.1, 0.15) is 5.69 Å². The first kappa shape index (κ1) is 22.3. The number of carbonyl (C=O) groups is 1. The molecule has 3 heterocycles. The lowest BCUT2D eigenvalue weighted by molar-refractivity contribution is 0.122. The predicted molar refractivity (Wildman–Crippen MR) is 126 cm³/mol. The minimum Gasteiger partial charge on any atom is -0.378 e. The van der Waals surface area contributed by atoms with Gasteiger partial charge in [0.05, 0.1) is 29.6 Å². The number of benzene rings is 1. The predicted octanol–water partition coefficient (Wildman–Crippen LogP) is 2.66. The molecule has 1 aliphatic rings. The summed E-state index contributed by atoms with van der Waals surface area (Å²) >= 11 is 7.79. The van der Waals surface area contributed by atoms with Gasteiger partial charge in [0, 0.05) is 38.6 Å². The summed E-state index contributed by atoms with van der Waals surface area (Å²) < 4.78 is 7.42. The second-order valence-electron chi connectivity index (χ2n) is 7.00. The van der Waals surface area contributed by atoms with Crippen LogP contribution in [-0.2, 0) is 11.3 Å². The lowest BCUT2D eigenvalue weighted by Gasteiger charge is -2.27. The second-order valence-corrected chi connectivity index (χ2v) is 8.24. The van der Waals surface area contributed by atoms with Crippen molar-refractivity contribution in [3.63, 3.8) is 0 Å². The van der Waals surface area contributed by atoms with Gasteiger partial charge in [0.25, 0.3) is 0 Å². The van der Waals surface area contributed by atoms with Gasteiger partial charge in [-0.3, -0.25) is 0 Å². The third-order valence-electron chi connectivity index (χ3n) is 4.96. The molecule has 168 valence electrons. The fourth-order valence-electron chi connectivity index (χ4n) is 3.28. The van der Waals surface area contributed by atoms with Crippen molar-refractivity contribution in [3.8, 4) is 11.4 Å². The molecule has 3 aromatic rings. The van der Waals surface area contributed by atoms with E-state index in [0.29, 0.717) is 37.0 Å². The number of anilines is 1. The first-order valence-corrected chi connectivity index (χ1v) is 11.5. The summed E-state index contributed by atoms with van der Waals surface area (Å²) in [5.41, 5.74) is 2.30. The molecule has 1 aliphatic heterocycles. The Morgan fingerprint density at radius 1 is 1.22 bits per heavy atom. The maximum atomic E-state index is 11.6. The highest BCUT2D eigenvalue weighted by atomic mass is 35.5. The van der Waals surface area contributed by atoms with Crippen LogP contribution < -0.4 is 20.3 Å². The molecule has 2 N–H and O–H groups in total. The van der Waals surface area contributed by atoms with Crippen molar-refractivity contribution in [1.82, 2.24) is 25.4 Å². The molecule has 0 aliphatic carbocycles. The minimum atomic E-state index is -0.235. The van der Waals surface area contributed by atoms with Crippen molar-refractivity contribution in [1.29, 1.82) is 0 Å². The van der Waals surface area contributed by atoms with Crippen molar-refractivity contribution < 1.29 is 9.53 Å². The molecule has 11 heteroatoms. The van der Waals surface area contributed by atoms with E-state index in [1.165, 1.54) is 11.3 Å². The van der Waals surface area contributed by atoms with Crippen LogP contribution in [0, 0.1) is 0 Å². The van der Waals surface area contributed by atoms with E-state index in [2.05, 4.69) is 25.7 Å². The summed E-state index contributed by atoms with van der Waals surface area (Å²) in [4.78, 5) is 19.3. The van der Waals surface area contributed by atoms with Gasteiger partial charge in [-0.15, -0.1) is 21.5 Å². The van der Waals surface area contributed by atoms with Gasteiger partial charge >= 0.3 is 6.03 Å². The van der Waals surface area contributed by atoms with Crippen LogP contribution in [-0.4, -0.2) is 60.7 Å². The standard InChI is InChI=1S/C21H24ClN7O2S/c1-23-20(30)24-8-9-29-18(14-32-21(29)25-16-5-3-2-4-15(16)22)17-6-7-19(27-26-17)28-10-12-31-13-11-28/h2-7,14H,8-13H2,1H3,(H2,23,24,30). The highest BCUT2D eigenvalue weighted by Crippen LogP contribution is 2.24. The molecule has 0 spiro atoms. The molecule has 9 nitrogen and oxygen atoms in total. The summed E-state index contributed by atoms with van der Waals surface area (Å²) in [5.74, 6) is 0.834. The Balaban J connectivity index is 1.65. The molecule has 1 fully saturated rings. The number of halogens is 1. The zero-order chi connectivity index (χ0) is 22.3. The number of ether oxygens (including phenoxy) is 1. The van der Waals surface area contributed by atoms with Gasteiger partial charge in [0.2, 0.25) is 0 Å². The SMILES string of the molecule is CNC(=O)NCCn1c(-c2ccc(N3CCOCC3)nn2)csc1=Nc1ccccc1Cl. The largest absolute Gasteiger partial charge is 0.378 e. The molecule has 2 aromatic heterocycles. The number of aromatic nitrogens is 3. The number of nitrogens with zero attached hydrogens (tertiary/aromatic N) is 5. The highest BCUT2D eigenvalue weighted by molar-refractivity contribution is 7.07. The van der Waals surface area contributed by atoms with Crippen molar-refractivity contribution in [2.24, 2.45) is 4.99 Å². The van der Waals surface area contributed by atoms with E-state index in [1.54, 1.807) is 7.05 Å². The van der Waals surface area contributed by atoms with Crippen molar-refractivity contribution in [2.75, 3.05) is 44.8 Å². The fraction of sp³-hybridized carbons (Fsp3) is 0.333. The molecular formula is C21H24ClN7O2S.